The second-order valence-electron chi connectivity index (χ2n) is 11.0. The summed E-state index contributed by atoms with van der Waals surface area (Å²) in [6, 6.07) is 25.0. The van der Waals surface area contributed by atoms with E-state index in [0.717, 1.165) is 46.5 Å². The van der Waals surface area contributed by atoms with Gasteiger partial charge in [-0.3, -0.25) is 9.59 Å². The Morgan fingerprint density at radius 1 is 0.860 bits per heavy atom. The molecule has 228 valence electrons. The lowest BCUT2D eigenvalue weighted by Crippen LogP contribution is -2.53. The van der Waals surface area contributed by atoms with Gasteiger partial charge in [0.15, 0.2) is 0 Å². The largest absolute Gasteiger partial charge is 0.354 e. The maximum Gasteiger partial charge on any atom is 0.243 e. The van der Waals surface area contributed by atoms with Crippen molar-refractivity contribution in [3.8, 4) is 0 Å². The van der Waals surface area contributed by atoms with E-state index in [-0.39, 0.29) is 25.4 Å². The van der Waals surface area contributed by atoms with Crippen LogP contribution in [0.1, 0.15) is 48.8 Å². The summed E-state index contributed by atoms with van der Waals surface area (Å²) in [5.41, 5.74) is 3.80. The predicted octanol–water partition coefficient (Wildman–Crippen LogP) is 5.75. The Kier molecular flexibility index (Phi) is 12.0. The zero-order valence-electron chi connectivity index (χ0n) is 24.6. The third-order valence-electron chi connectivity index (χ3n) is 7.65. The first-order valence-electron chi connectivity index (χ1n) is 14.7. The SMILES string of the molecule is CS(=O)(=O)N(CC(=O)N(Cc1ccc(Cl)cc1)[C@@H](Cc1ccccc1)C(=O)NCCC1=CCCCC1)Cc1ccccc1. The lowest BCUT2D eigenvalue weighted by atomic mass is 9.97. The van der Waals surface area contributed by atoms with Crippen molar-refractivity contribution >= 4 is 33.4 Å². The Hall–Kier alpha value is -3.46. The molecule has 43 heavy (non-hydrogen) atoms. The first kappa shape index (κ1) is 32.5. The zero-order valence-corrected chi connectivity index (χ0v) is 26.2. The minimum Gasteiger partial charge on any atom is -0.354 e. The van der Waals surface area contributed by atoms with Gasteiger partial charge in [-0.05, 0) is 60.9 Å². The highest BCUT2D eigenvalue weighted by Gasteiger charge is 2.33. The number of hydrogen-bond donors (Lipinski definition) is 1. The van der Waals surface area contributed by atoms with Gasteiger partial charge in [-0.2, -0.15) is 4.31 Å². The molecule has 3 aromatic rings. The fraction of sp³-hybridized carbons (Fsp3) is 0.353. The van der Waals surface area contributed by atoms with Gasteiger partial charge in [-0.15, -0.1) is 0 Å². The second kappa shape index (κ2) is 15.8. The number of carbonyl (C=O) groups excluding carboxylic acids is 2. The van der Waals surface area contributed by atoms with E-state index in [4.69, 9.17) is 11.6 Å². The molecule has 4 rings (SSSR count). The van der Waals surface area contributed by atoms with Gasteiger partial charge >= 0.3 is 0 Å². The van der Waals surface area contributed by atoms with Crippen molar-refractivity contribution in [1.82, 2.24) is 14.5 Å². The summed E-state index contributed by atoms with van der Waals surface area (Å²) < 4.78 is 26.8. The molecular weight excluding hydrogens is 582 g/mol. The van der Waals surface area contributed by atoms with E-state index in [2.05, 4.69) is 11.4 Å². The first-order chi connectivity index (χ1) is 20.7. The van der Waals surface area contributed by atoms with Crippen molar-refractivity contribution in [2.75, 3.05) is 19.3 Å². The van der Waals surface area contributed by atoms with E-state index in [1.165, 1.54) is 23.3 Å². The maximum absolute atomic E-state index is 14.1. The molecule has 1 aliphatic carbocycles. The van der Waals surface area contributed by atoms with Crippen molar-refractivity contribution in [1.29, 1.82) is 0 Å². The van der Waals surface area contributed by atoms with Crippen LogP contribution >= 0.6 is 11.6 Å². The van der Waals surface area contributed by atoms with Crippen LogP contribution < -0.4 is 5.32 Å². The van der Waals surface area contributed by atoms with Gasteiger partial charge in [0.1, 0.15) is 6.04 Å². The van der Waals surface area contributed by atoms with Crippen LogP contribution in [0, 0.1) is 0 Å². The Bertz CT molecular complexity index is 1480. The molecule has 0 aliphatic heterocycles. The minimum atomic E-state index is -3.74. The number of hydrogen-bond acceptors (Lipinski definition) is 4. The Morgan fingerprint density at radius 3 is 2.09 bits per heavy atom. The van der Waals surface area contributed by atoms with E-state index in [1.807, 2.05) is 72.8 Å². The van der Waals surface area contributed by atoms with Gasteiger partial charge in [0.05, 0.1) is 12.8 Å². The molecule has 0 unspecified atom stereocenters. The van der Waals surface area contributed by atoms with E-state index in [9.17, 15) is 18.0 Å². The van der Waals surface area contributed by atoms with Crippen LogP contribution in [0.2, 0.25) is 5.02 Å². The molecule has 0 spiro atoms. The van der Waals surface area contributed by atoms with Crippen LogP contribution in [0.5, 0.6) is 0 Å². The topological polar surface area (TPSA) is 86.8 Å². The highest BCUT2D eigenvalue weighted by Crippen LogP contribution is 2.21. The fourth-order valence-corrected chi connectivity index (χ4v) is 6.11. The molecule has 7 nitrogen and oxygen atoms in total. The van der Waals surface area contributed by atoms with Gasteiger partial charge in [0.25, 0.3) is 0 Å². The number of halogens is 1. The summed E-state index contributed by atoms with van der Waals surface area (Å²) >= 11 is 6.13. The van der Waals surface area contributed by atoms with Crippen molar-refractivity contribution < 1.29 is 18.0 Å². The molecule has 2 amide bonds. The molecule has 1 aliphatic rings. The summed E-state index contributed by atoms with van der Waals surface area (Å²) in [6.07, 6.45) is 8.91. The molecule has 1 N–H and O–H groups in total. The highest BCUT2D eigenvalue weighted by atomic mass is 35.5. The lowest BCUT2D eigenvalue weighted by molar-refractivity contribution is -0.141. The van der Waals surface area contributed by atoms with Gasteiger partial charge in [0, 0.05) is 31.1 Å². The summed E-state index contributed by atoms with van der Waals surface area (Å²) in [4.78, 5) is 29.5. The number of amides is 2. The van der Waals surface area contributed by atoms with Gasteiger partial charge in [0.2, 0.25) is 21.8 Å². The van der Waals surface area contributed by atoms with E-state index in [0.29, 0.717) is 11.6 Å². The third-order valence-corrected chi connectivity index (χ3v) is 9.10. The highest BCUT2D eigenvalue weighted by molar-refractivity contribution is 7.88. The number of nitrogens with one attached hydrogen (secondary N) is 1. The summed E-state index contributed by atoms with van der Waals surface area (Å²) in [6.45, 7) is 0.245. The van der Waals surface area contributed by atoms with Crippen LogP contribution in [0.3, 0.4) is 0 Å². The van der Waals surface area contributed by atoms with Crippen LogP contribution in [0.25, 0.3) is 0 Å². The molecule has 3 aromatic carbocycles. The number of sulfonamides is 1. The standard InChI is InChI=1S/C34H40ClN3O4S/c1-43(41,42)37(24-29-15-9-4-10-16-29)26-33(39)38(25-30-17-19-31(35)20-18-30)32(23-28-13-7-3-8-14-28)34(40)36-22-21-27-11-5-2-6-12-27/h3-4,7-11,13-20,32H,2,5-6,12,21-26H2,1H3,(H,36,40)/t32-/m0/s1. The van der Waals surface area contributed by atoms with Crippen LogP contribution in [0.4, 0.5) is 0 Å². The first-order valence-corrected chi connectivity index (χ1v) is 16.9. The van der Waals surface area contributed by atoms with Gasteiger partial charge in [-0.1, -0.05) is 96.0 Å². The fourth-order valence-electron chi connectivity index (χ4n) is 5.26. The lowest BCUT2D eigenvalue weighted by Gasteiger charge is -2.33. The molecule has 0 aromatic heterocycles. The third kappa shape index (κ3) is 10.3. The molecule has 0 fully saturated rings. The molecule has 0 radical (unpaired) electrons. The number of carbonyl (C=O) groups is 2. The number of nitrogens with zero attached hydrogens (tertiary/aromatic N) is 2. The van der Waals surface area contributed by atoms with Crippen LogP contribution in [0.15, 0.2) is 96.6 Å². The van der Waals surface area contributed by atoms with Gasteiger partial charge in [-0.25, -0.2) is 8.42 Å². The van der Waals surface area contributed by atoms with E-state index >= 15 is 0 Å². The second-order valence-corrected chi connectivity index (χ2v) is 13.4. The minimum absolute atomic E-state index is 0.0465. The molecular formula is C34H40ClN3O4S. The monoisotopic (exact) mass is 621 g/mol. The average molecular weight is 622 g/mol. The summed E-state index contributed by atoms with van der Waals surface area (Å²) in [5, 5.41) is 3.64. The number of rotatable bonds is 14. The number of allylic oxidation sites excluding steroid dienone is 1. The molecule has 0 bridgehead atoms. The molecule has 0 saturated carbocycles. The molecule has 0 heterocycles. The van der Waals surface area contributed by atoms with Crippen LogP contribution in [-0.2, 0) is 39.1 Å². The van der Waals surface area contributed by atoms with E-state index < -0.39 is 28.5 Å². The van der Waals surface area contributed by atoms with Crippen molar-refractivity contribution in [3.63, 3.8) is 0 Å². The van der Waals surface area contributed by atoms with E-state index in [1.54, 1.807) is 12.1 Å². The normalized spacial score (nSPS) is 14.2. The molecule has 1 atom stereocenters. The summed E-state index contributed by atoms with van der Waals surface area (Å²) in [5.74, 6) is -0.723. The zero-order chi connectivity index (χ0) is 30.7. The maximum atomic E-state index is 14.1. The predicted molar refractivity (Wildman–Crippen MR) is 172 cm³/mol. The Labute approximate surface area is 260 Å². The quantitative estimate of drug-likeness (QED) is 0.232. The number of benzene rings is 3. The van der Waals surface area contributed by atoms with Crippen molar-refractivity contribution in [2.45, 2.75) is 57.7 Å². The Balaban J connectivity index is 1.63. The average Bonchev–Trinajstić information content (AvgIpc) is 3.00. The van der Waals surface area contributed by atoms with Gasteiger partial charge < -0.3 is 10.2 Å². The van der Waals surface area contributed by atoms with Crippen molar-refractivity contribution in [2.24, 2.45) is 0 Å². The smallest absolute Gasteiger partial charge is 0.243 e. The van der Waals surface area contributed by atoms with Crippen LogP contribution in [-0.4, -0.2) is 54.8 Å². The summed E-state index contributed by atoms with van der Waals surface area (Å²) in [7, 11) is -3.74. The van der Waals surface area contributed by atoms with Crippen molar-refractivity contribution in [3.05, 3.63) is 118 Å². The molecule has 9 heteroatoms. The molecule has 0 saturated heterocycles. The Morgan fingerprint density at radius 2 is 1.49 bits per heavy atom.